The van der Waals surface area contributed by atoms with Gasteiger partial charge < -0.3 is 15.0 Å². The van der Waals surface area contributed by atoms with Gasteiger partial charge in [0.15, 0.2) is 6.61 Å². The largest absolute Gasteiger partial charge is 0.484 e. The number of hydrogen-bond acceptors (Lipinski definition) is 3. The number of carbonyl (C=O) groups is 2. The molecular weight excluding hydrogens is 323 g/mol. The fourth-order valence-electron chi connectivity index (χ4n) is 2.33. The van der Waals surface area contributed by atoms with Crippen molar-refractivity contribution in [3.05, 3.63) is 59.9 Å². The van der Waals surface area contributed by atoms with Crippen molar-refractivity contribution in [2.45, 2.75) is 13.8 Å². The highest BCUT2D eigenvalue weighted by molar-refractivity contribution is 5.97. The molecule has 0 heterocycles. The molecule has 2 amide bonds. The summed E-state index contributed by atoms with van der Waals surface area (Å²) >= 11 is 0. The molecule has 0 aliphatic heterocycles. The first-order valence-corrected chi connectivity index (χ1v) is 8.11. The number of rotatable bonds is 7. The summed E-state index contributed by atoms with van der Waals surface area (Å²) in [4.78, 5) is 26.0. The fraction of sp³-hybridized carbons (Fsp3) is 0.263. The van der Waals surface area contributed by atoms with Gasteiger partial charge in [0, 0.05) is 30.4 Å². The molecule has 0 spiro atoms. The summed E-state index contributed by atoms with van der Waals surface area (Å²) < 4.78 is 18.3. The number of hydrogen-bond donors (Lipinski definition) is 1. The maximum atomic E-state index is 13.1. The van der Waals surface area contributed by atoms with Crippen LogP contribution in [-0.2, 0) is 4.79 Å². The first-order chi connectivity index (χ1) is 12.0. The maximum absolute atomic E-state index is 13.1. The number of ether oxygens (including phenoxy) is 1. The number of amides is 2. The third kappa shape index (κ3) is 5.31. The zero-order valence-corrected chi connectivity index (χ0v) is 14.3. The Kier molecular flexibility index (Phi) is 6.51. The minimum atomic E-state index is -0.430. The van der Waals surface area contributed by atoms with Crippen molar-refractivity contribution in [1.29, 1.82) is 0 Å². The highest BCUT2D eigenvalue weighted by atomic mass is 19.1. The van der Waals surface area contributed by atoms with Gasteiger partial charge in [-0.15, -0.1) is 0 Å². The number of nitrogens with zero attached hydrogens (tertiary/aromatic N) is 1. The van der Waals surface area contributed by atoms with Crippen LogP contribution in [0.1, 0.15) is 24.2 Å². The lowest BCUT2D eigenvalue weighted by Gasteiger charge is -2.19. The van der Waals surface area contributed by atoms with Crippen molar-refractivity contribution < 1.29 is 18.7 Å². The molecule has 2 rings (SSSR count). The van der Waals surface area contributed by atoms with Crippen molar-refractivity contribution in [3.63, 3.8) is 0 Å². The maximum Gasteiger partial charge on any atom is 0.262 e. The second-order valence-corrected chi connectivity index (χ2v) is 5.35. The molecule has 5 nitrogen and oxygen atoms in total. The summed E-state index contributed by atoms with van der Waals surface area (Å²) in [6.45, 7) is 4.81. The predicted octanol–water partition coefficient (Wildman–Crippen LogP) is 3.33. The lowest BCUT2D eigenvalue weighted by Crippen LogP contribution is -2.30. The first kappa shape index (κ1) is 18.4. The van der Waals surface area contributed by atoms with E-state index in [1.54, 1.807) is 35.2 Å². The molecule has 0 unspecified atom stereocenters. The smallest absolute Gasteiger partial charge is 0.262 e. The molecule has 0 aliphatic rings. The van der Waals surface area contributed by atoms with Crippen molar-refractivity contribution >= 4 is 17.5 Å². The molecule has 0 atom stereocenters. The Bertz CT molecular complexity index is 745. The lowest BCUT2D eigenvalue weighted by molar-refractivity contribution is -0.118. The quantitative estimate of drug-likeness (QED) is 0.838. The van der Waals surface area contributed by atoms with Crippen molar-refractivity contribution in [3.8, 4) is 5.75 Å². The molecule has 2 aromatic rings. The van der Waals surface area contributed by atoms with Crippen LogP contribution in [0.15, 0.2) is 48.5 Å². The van der Waals surface area contributed by atoms with E-state index in [4.69, 9.17) is 4.74 Å². The molecule has 1 N–H and O–H groups in total. The highest BCUT2D eigenvalue weighted by Gasteiger charge is 2.13. The summed E-state index contributed by atoms with van der Waals surface area (Å²) in [6, 6.07) is 12.3. The zero-order valence-electron chi connectivity index (χ0n) is 14.3. The molecular formula is C19H21FN2O3. The van der Waals surface area contributed by atoms with Gasteiger partial charge in [0.1, 0.15) is 11.6 Å². The lowest BCUT2D eigenvalue weighted by atomic mass is 10.1. The molecule has 0 aromatic heterocycles. The molecule has 0 radical (unpaired) electrons. The van der Waals surface area contributed by atoms with E-state index in [1.807, 2.05) is 13.8 Å². The average molecular weight is 344 g/mol. The van der Waals surface area contributed by atoms with Crippen LogP contribution in [0, 0.1) is 5.82 Å². The minimum Gasteiger partial charge on any atom is -0.484 e. The number of carbonyl (C=O) groups excluding carboxylic acids is 2. The molecule has 2 aromatic carbocycles. The molecule has 0 bridgehead atoms. The van der Waals surface area contributed by atoms with Crippen LogP contribution in [0.3, 0.4) is 0 Å². The van der Waals surface area contributed by atoms with Crippen molar-refractivity contribution in [2.24, 2.45) is 0 Å². The van der Waals surface area contributed by atoms with Gasteiger partial charge in [-0.25, -0.2) is 4.39 Å². The predicted molar refractivity (Wildman–Crippen MR) is 94.2 cm³/mol. The Balaban J connectivity index is 1.97. The Hall–Kier alpha value is -2.89. The normalized spacial score (nSPS) is 10.2. The van der Waals surface area contributed by atoms with Gasteiger partial charge in [0.05, 0.1) is 0 Å². The molecule has 132 valence electrons. The van der Waals surface area contributed by atoms with Crippen LogP contribution in [0.2, 0.25) is 0 Å². The van der Waals surface area contributed by atoms with Gasteiger partial charge in [-0.3, -0.25) is 9.59 Å². The average Bonchev–Trinajstić information content (AvgIpc) is 2.61. The van der Waals surface area contributed by atoms with E-state index in [0.29, 0.717) is 24.3 Å². The van der Waals surface area contributed by atoms with E-state index in [-0.39, 0.29) is 18.3 Å². The van der Waals surface area contributed by atoms with Crippen LogP contribution in [0.4, 0.5) is 10.1 Å². The summed E-state index contributed by atoms with van der Waals surface area (Å²) in [5, 5.41) is 2.67. The van der Waals surface area contributed by atoms with Gasteiger partial charge in [0.2, 0.25) is 0 Å². The Morgan fingerprint density at radius 1 is 1.08 bits per heavy atom. The zero-order chi connectivity index (χ0) is 18.2. The fourth-order valence-corrected chi connectivity index (χ4v) is 2.33. The van der Waals surface area contributed by atoms with Crippen LogP contribution in [-0.4, -0.2) is 36.4 Å². The highest BCUT2D eigenvalue weighted by Crippen LogP contribution is 2.14. The number of benzene rings is 2. The Morgan fingerprint density at radius 3 is 2.48 bits per heavy atom. The van der Waals surface area contributed by atoms with Crippen molar-refractivity contribution in [1.82, 2.24) is 4.90 Å². The third-order valence-corrected chi connectivity index (χ3v) is 3.61. The SMILES string of the molecule is CCN(CC)C(=O)c1cccc(NC(=O)COc2cccc(F)c2)c1. The topological polar surface area (TPSA) is 58.6 Å². The number of nitrogens with one attached hydrogen (secondary N) is 1. The van der Waals surface area contributed by atoms with Gasteiger partial charge in [-0.1, -0.05) is 12.1 Å². The standard InChI is InChI=1S/C19H21FN2O3/c1-3-22(4-2)19(24)14-7-5-9-16(11-14)21-18(23)13-25-17-10-6-8-15(20)12-17/h5-12H,3-4,13H2,1-2H3,(H,21,23). The van der Waals surface area contributed by atoms with Gasteiger partial charge in [-0.05, 0) is 44.2 Å². The minimum absolute atomic E-state index is 0.0860. The molecule has 0 aliphatic carbocycles. The molecule has 25 heavy (non-hydrogen) atoms. The monoisotopic (exact) mass is 344 g/mol. The van der Waals surface area contributed by atoms with E-state index in [0.717, 1.165) is 0 Å². The Labute approximate surface area is 146 Å². The second-order valence-electron chi connectivity index (χ2n) is 5.35. The van der Waals surface area contributed by atoms with E-state index in [2.05, 4.69) is 5.32 Å². The molecule has 0 saturated heterocycles. The Morgan fingerprint density at radius 2 is 1.80 bits per heavy atom. The van der Waals surface area contributed by atoms with E-state index in [1.165, 1.54) is 18.2 Å². The first-order valence-electron chi connectivity index (χ1n) is 8.11. The summed E-state index contributed by atoms with van der Waals surface area (Å²) in [5.74, 6) is -0.630. The van der Waals surface area contributed by atoms with E-state index < -0.39 is 11.7 Å². The third-order valence-electron chi connectivity index (χ3n) is 3.61. The summed E-state index contributed by atoms with van der Waals surface area (Å²) in [5.41, 5.74) is 1.01. The van der Waals surface area contributed by atoms with Crippen LogP contribution >= 0.6 is 0 Å². The van der Waals surface area contributed by atoms with Gasteiger partial charge >= 0.3 is 0 Å². The number of halogens is 1. The molecule has 0 fully saturated rings. The van der Waals surface area contributed by atoms with E-state index in [9.17, 15) is 14.0 Å². The van der Waals surface area contributed by atoms with E-state index >= 15 is 0 Å². The summed E-state index contributed by atoms with van der Waals surface area (Å²) in [7, 11) is 0. The van der Waals surface area contributed by atoms with Gasteiger partial charge in [0.25, 0.3) is 11.8 Å². The summed E-state index contributed by atoms with van der Waals surface area (Å²) in [6.07, 6.45) is 0. The van der Waals surface area contributed by atoms with Gasteiger partial charge in [-0.2, -0.15) is 0 Å². The molecule has 0 saturated carbocycles. The van der Waals surface area contributed by atoms with Crippen LogP contribution < -0.4 is 10.1 Å². The number of anilines is 1. The van der Waals surface area contributed by atoms with Crippen LogP contribution in [0.25, 0.3) is 0 Å². The second kappa shape index (κ2) is 8.82. The van der Waals surface area contributed by atoms with Crippen LogP contribution in [0.5, 0.6) is 5.75 Å². The molecule has 6 heteroatoms. The van der Waals surface area contributed by atoms with Crippen molar-refractivity contribution in [2.75, 3.05) is 25.0 Å².